The number of nitrogens with two attached hydrogens (primary N) is 1. The van der Waals surface area contributed by atoms with E-state index >= 15 is 0 Å². The maximum Gasteiger partial charge on any atom is 0.499 e. The van der Waals surface area contributed by atoms with E-state index in [0.29, 0.717) is 0 Å². The molecule has 0 unspecified atom stereocenters. The summed E-state index contributed by atoms with van der Waals surface area (Å²) in [5.41, 5.74) is -8.76. The molecule has 15 heteroatoms. The van der Waals surface area contributed by atoms with Gasteiger partial charge in [-0.2, -0.15) is 26.3 Å². The molecule has 2 N–H and O–H groups in total. The molecule has 0 aliphatic rings. The second-order valence-electron chi connectivity index (χ2n) is 6.75. The number of sulfone groups is 2. The molecule has 0 bridgehead atoms. The van der Waals surface area contributed by atoms with Gasteiger partial charge in [-0.25, -0.2) is 16.8 Å². The number of amides is 1. The van der Waals surface area contributed by atoms with Crippen molar-refractivity contribution in [2.75, 3.05) is 27.2 Å². The highest BCUT2D eigenvalue weighted by atomic mass is 32.3. The van der Waals surface area contributed by atoms with Gasteiger partial charge in [-0.1, -0.05) is 19.8 Å². The molecule has 0 spiro atoms. The first-order chi connectivity index (χ1) is 12.7. The van der Waals surface area contributed by atoms with Gasteiger partial charge in [0.1, 0.15) is 0 Å². The molecule has 0 aromatic rings. The Morgan fingerprint density at radius 1 is 0.862 bits per heavy atom. The summed E-state index contributed by atoms with van der Waals surface area (Å²) < 4.78 is 111. The number of quaternary nitrogens is 1. The third-order valence-electron chi connectivity index (χ3n) is 3.91. The molecule has 1 amide bonds. The molecular weight excluding hydrogens is 454 g/mol. The van der Waals surface area contributed by atoms with Crippen LogP contribution in [0, 0.1) is 0 Å². The number of unbranched alkanes of at least 4 members (excludes halogenated alkanes) is 3. The number of primary amides is 1. The molecule has 0 atom stereocenters. The summed E-state index contributed by atoms with van der Waals surface area (Å²) in [4.78, 5) is 10.4. The molecule has 0 saturated carbocycles. The third-order valence-corrected chi connectivity index (χ3v) is 8.32. The number of hydrogen-bond donors (Lipinski definition) is 1. The van der Waals surface area contributed by atoms with Crippen LogP contribution in [0.3, 0.4) is 0 Å². The summed E-state index contributed by atoms with van der Waals surface area (Å²) in [6, 6.07) is 0. The molecule has 0 fully saturated rings. The number of hydrogen-bond acceptors (Lipinski definition) is 5. The Kier molecular flexibility index (Phi) is 11.2. The second-order valence-corrected chi connectivity index (χ2v) is 11.1. The highest BCUT2D eigenvalue weighted by Gasteiger charge is 2.65. The van der Waals surface area contributed by atoms with Gasteiger partial charge in [0.2, 0.25) is 0 Å². The summed E-state index contributed by atoms with van der Waals surface area (Å²) >= 11 is 0. The minimum absolute atomic E-state index is 1.18. The first-order valence-corrected chi connectivity index (χ1v) is 11.5. The fraction of sp³-hybridized carbons (Fsp3) is 0.929. The molecule has 0 heterocycles. The summed E-state index contributed by atoms with van der Waals surface area (Å²) in [5.74, 6) is -2.80. The molecule has 0 aliphatic heterocycles. The SMILES string of the molecule is CCCCCC[N+](C)(C)CC.NC(=O)C(S(=O)(=O)C(F)(F)F)S(=O)(=O)C(F)(F)F. The van der Waals surface area contributed by atoms with Crippen molar-refractivity contribution in [2.24, 2.45) is 5.73 Å². The molecule has 0 aliphatic carbocycles. The third kappa shape index (κ3) is 9.07. The van der Waals surface area contributed by atoms with Crippen molar-refractivity contribution in [3.05, 3.63) is 0 Å². The largest absolute Gasteiger partial charge is 0.499 e. The fourth-order valence-corrected chi connectivity index (χ4v) is 4.93. The van der Waals surface area contributed by atoms with E-state index in [1.165, 1.54) is 43.3 Å². The smallest absolute Gasteiger partial charge is 0.368 e. The lowest BCUT2D eigenvalue weighted by molar-refractivity contribution is -0.888. The highest BCUT2D eigenvalue weighted by molar-refractivity contribution is 8.11. The Balaban J connectivity index is 0. The minimum Gasteiger partial charge on any atom is -0.368 e. The average molecular weight is 482 g/mol. The zero-order valence-corrected chi connectivity index (χ0v) is 18.1. The topological polar surface area (TPSA) is 111 Å². The van der Waals surface area contributed by atoms with Gasteiger partial charge in [-0.3, -0.25) is 4.79 Å². The van der Waals surface area contributed by atoms with Gasteiger partial charge in [0.05, 0.1) is 27.2 Å². The fourth-order valence-electron chi connectivity index (χ4n) is 1.84. The lowest BCUT2D eigenvalue weighted by Crippen LogP contribution is -2.51. The first kappa shape index (κ1) is 30.1. The zero-order chi connectivity index (χ0) is 23.9. The van der Waals surface area contributed by atoms with Crippen LogP contribution in [-0.4, -0.2) is 70.0 Å². The van der Waals surface area contributed by atoms with E-state index in [9.17, 15) is 48.0 Å². The molecule has 0 saturated heterocycles. The van der Waals surface area contributed by atoms with Crippen molar-refractivity contribution >= 4 is 25.6 Å². The predicted molar refractivity (Wildman–Crippen MR) is 94.6 cm³/mol. The Morgan fingerprint density at radius 3 is 1.48 bits per heavy atom. The molecule has 7 nitrogen and oxygen atoms in total. The number of carbonyl (C=O) groups excluding carboxylic acids is 1. The van der Waals surface area contributed by atoms with E-state index in [1.807, 2.05) is 0 Å². The van der Waals surface area contributed by atoms with Gasteiger partial charge in [-0.05, 0) is 19.8 Å². The van der Waals surface area contributed by atoms with Crippen molar-refractivity contribution in [3.63, 3.8) is 0 Å². The van der Waals surface area contributed by atoms with E-state index in [2.05, 4.69) is 33.7 Å². The number of halogens is 6. The van der Waals surface area contributed by atoms with Crippen molar-refractivity contribution in [1.82, 2.24) is 0 Å². The maximum atomic E-state index is 11.9. The van der Waals surface area contributed by atoms with E-state index < -0.39 is 41.2 Å². The summed E-state index contributed by atoms with van der Waals surface area (Å²) in [6.45, 7) is 7.13. The van der Waals surface area contributed by atoms with Gasteiger partial charge in [0, 0.05) is 0 Å². The first-order valence-electron chi connectivity index (χ1n) is 8.40. The van der Waals surface area contributed by atoms with Gasteiger partial charge >= 0.3 is 11.0 Å². The lowest BCUT2D eigenvalue weighted by Gasteiger charge is -2.28. The van der Waals surface area contributed by atoms with Crippen LogP contribution in [-0.2, 0) is 24.5 Å². The molecule has 0 rings (SSSR count). The van der Waals surface area contributed by atoms with E-state index in [-0.39, 0.29) is 0 Å². The average Bonchev–Trinajstić information content (AvgIpc) is 2.49. The Morgan fingerprint density at radius 2 is 1.24 bits per heavy atom. The minimum atomic E-state index is -6.96. The molecule has 0 aromatic carbocycles. The van der Waals surface area contributed by atoms with Gasteiger partial charge in [0.15, 0.2) is 0 Å². The van der Waals surface area contributed by atoms with Crippen LogP contribution in [0.5, 0.6) is 0 Å². The maximum absolute atomic E-state index is 11.9. The van der Waals surface area contributed by atoms with E-state index in [1.54, 1.807) is 0 Å². The number of carbonyl (C=O) groups is 1. The van der Waals surface area contributed by atoms with Crippen molar-refractivity contribution in [2.45, 2.75) is 55.1 Å². The molecule has 176 valence electrons. The van der Waals surface area contributed by atoms with Crippen LogP contribution >= 0.6 is 0 Å². The Hall–Kier alpha value is -1.09. The molecular formula is C14H27F6N2O5S2+. The highest BCUT2D eigenvalue weighted by Crippen LogP contribution is 2.35. The van der Waals surface area contributed by atoms with Gasteiger partial charge in [-0.15, -0.1) is 0 Å². The lowest BCUT2D eigenvalue weighted by atomic mass is 10.2. The van der Waals surface area contributed by atoms with Crippen molar-refractivity contribution in [3.8, 4) is 0 Å². The normalized spacial score (nSPS) is 13.8. The Bertz CT molecular complexity index is 687. The molecule has 0 radical (unpaired) electrons. The number of rotatable bonds is 9. The second kappa shape index (κ2) is 10.8. The van der Waals surface area contributed by atoms with E-state index in [4.69, 9.17) is 0 Å². The van der Waals surface area contributed by atoms with Crippen LogP contribution in [0.4, 0.5) is 26.3 Å². The van der Waals surface area contributed by atoms with Crippen LogP contribution in [0.15, 0.2) is 0 Å². The quantitative estimate of drug-likeness (QED) is 0.309. The van der Waals surface area contributed by atoms with Crippen molar-refractivity contribution in [1.29, 1.82) is 0 Å². The number of alkyl halides is 6. The monoisotopic (exact) mass is 481 g/mol. The van der Waals surface area contributed by atoms with Gasteiger partial charge < -0.3 is 10.2 Å². The van der Waals surface area contributed by atoms with Crippen molar-refractivity contribution < 1.29 is 52.5 Å². The summed E-state index contributed by atoms with van der Waals surface area (Å²) in [6.07, 6.45) is 5.57. The number of nitrogens with zero attached hydrogens (tertiary/aromatic N) is 1. The standard InChI is InChI=1S/C10H24N.C4H3F6NO5S2/c1-5-7-8-9-10-11(3,4)6-2;5-3(6,7)17(13,14)2(1(11)12)18(15,16)4(8,9)10/h5-10H2,1-4H3;2H,(H2,11,12)/q+1;. The van der Waals surface area contributed by atoms with Crippen LogP contribution in [0.1, 0.15) is 39.5 Å². The van der Waals surface area contributed by atoms with Crippen LogP contribution in [0.2, 0.25) is 0 Å². The van der Waals surface area contributed by atoms with E-state index in [0.717, 1.165) is 0 Å². The van der Waals surface area contributed by atoms with Gasteiger partial charge in [0.25, 0.3) is 30.2 Å². The molecule has 0 aromatic heterocycles. The predicted octanol–water partition coefficient (Wildman–Crippen LogP) is 2.33. The van der Waals surface area contributed by atoms with Crippen LogP contribution in [0.25, 0.3) is 0 Å². The zero-order valence-electron chi connectivity index (χ0n) is 16.5. The van der Waals surface area contributed by atoms with Crippen LogP contribution < -0.4 is 5.73 Å². The molecule has 29 heavy (non-hydrogen) atoms. The Labute approximate surface area is 166 Å². The summed E-state index contributed by atoms with van der Waals surface area (Å²) in [7, 11) is -9.30. The summed E-state index contributed by atoms with van der Waals surface area (Å²) in [5, 5.41) is 0.